The van der Waals surface area contributed by atoms with Crippen LogP contribution in [-0.2, 0) is 13.1 Å². The Morgan fingerprint density at radius 2 is 1.79 bits per heavy atom. The lowest BCUT2D eigenvalue weighted by Gasteiger charge is -2.07. The number of rotatable bonds is 5. The van der Waals surface area contributed by atoms with Crippen molar-refractivity contribution >= 4 is 29.1 Å². The summed E-state index contributed by atoms with van der Waals surface area (Å²) in [6.07, 6.45) is 3.18. The minimum absolute atomic E-state index is 0.194. The van der Waals surface area contributed by atoms with Crippen LogP contribution in [-0.4, -0.2) is 20.7 Å². The Balaban J connectivity index is 1.58. The summed E-state index contributed by atoms with van der Waals surface area (Å²) in [7, 11) is 0. The summed E-state index contributed by atoms with van der Waals surface area (Å²) in [5.41, 5.74) is 2.60. The van der Waals surface area contributed by atoms with Crippen molar-refractivity contribution in [3.63, 3.8) is 0 Å². The number of nitrogens with zero attached hydrogens (tertiary/aromatic N) is 3. The highest BCUT2D eigenvalue weighted by molar-refractivity contribution is 6.42. The molecule has 2 aromatic carbocycles. The Labute approximate surface area is 149 Å². The molecule has 5 nitrogen and oxygen atoms in total. The van der Waals surface area contributed by atoms with Gasteiger partial charge in [-0.2, -0.15) is 5.10 Å². The molecule has 0 saturated carbocycles. The number of amides is 1. The Morgan fingerprint density at radius 3 is 2.46 bits per heavy atom. The van der Waals surface area contributed by atoms with Gasteiger partial charge in [-0.05, 0) is 29.3 Å². The lowest BCUT2D eigenvalue weighted by molar-refractivity contribution is 0.0951. The van der Waals surface area contributed by atoms with E-state index in [0.29, 0.717) is 28.7 Å². The van der Waals surface area contributed by atoms with Crippen LogP contribution in [0.1, 0.15) is 21.5 Å². The number of carbonyl (C=O) groups is 1. The van der Waals surface area contributed by atoms with Gasteiger partial charge >= 0.3 is 0 Å². The van der Waals surface area contributed by atoms with E-state index in [1.165, 1.54) is 6.33 Å². The fraction of sp³-hybridized carbons (Fsp3) is 0.118. The minimum atomic E-state index is -0.194. The highest BCUT2D eigenvalue weighted by atomic mass is 35.5. The van der Waals surface area contributed by atoms with Gasteiger partial charge in [0, 0.05) is 12.1 Å². The third kappa shape index (κ3) is 4.13. The molecule has 7 heteroatoms. The SMILES string of the molecule is O=C(NCc1ccc(Cn2cncn2)cc1)c1ccc(Cl)c(Cl)c1. The van der Waals surface area contributed by atoms with E-state index in [9.17, 15) is 4.79 Å². The van der Waals surface area contributed by atoms with E-state index < -0.39 is 0 Å². The topological polar surface area (TPSA) is 59.8 Å². The molecule has 24 heavy (non-hydrogen) atoms. The van der Waals surface area contributed by atoms with Crippen LogP contribution >= 0.6 is 23.2 Å². The molecule has 0 aliphatic heterocycles. The van der Waals surface area contributed by atoms with Crippen LogP contribution in [0.2, 0.25) is 10.0 Å². The first kappa shape index (κ1) is 16.5. The normalized spacial score (nSPS) is 10.6. The molecule has 3 aromatic rings. The number of aromatic nitrogens is 3. The van der Waals surface area contributed by atoms with Gasteiger partial charge in [0.15, 0.2) is 0 Å². The van der Waals surface area contributed by atoms with Gasteiger partial charge in [0.1, 0.15) is 12.7 Å². The number of hydrogen-bond acceptors (Lipinski definition) is 3. The molecule has 3 rings (SSSR count). The average molecular weight is 361 g/mol. The largest absolute Gasteiger partial charge is 0.348 e. The molecule has 0 spiro atoms. The molecule has 1 heterocycles. The van der Waals surface area contributed by atoms with Crippen LogP contribution in [0.5, 0.6) is 0 Å². The van der Waals surface area contributed by atoms with E-state index in [2.05, 4.69) is 15.4 Å². The summed E-state index contributed by atoms with van der Waals surface area (Å²) < 4.78 is 1.75. The Hall–Kier alpha value is -2.37. The first-order chi connectivity index (χ1) is 11.6. The highest BCUT2D eigenvalue weighted by Gasteiger charge is 2.08. The van der Waals surface area contributed by atoms with E-state index >= 15 is 0 Å². The predicted molar refractivity (Wildman–Crippen MR) is 93.2 cm³/mol. The summed E-state index contributed by atoms with van der Waals surface area (Å²) in [6, 6.07) is 12.8. The number of hydrogen-bond donors (Lipinski definition) is 1. The van der Waals surface area contributed by atoms with Gasteiger partial charge in [0.05, 0.1) is 16.6 Å². The van der Waals surface area contributed by atoms with Crippen molar-refractivity contribution in [3.8, 4) is 0 Å². The maximum Gasteiger partial charge on any atom is 0.251 e. The summed E-state index contributed by atoms with van der Waals surface area (Å²) in [6.45, 7) is 1.10. The second kappa shape index (κ2) is 7.47. The van der Waals surface area contributed by atoms with Crippen molar-refractivity contribution in [1.29, 1.82) is 0 Å². The zero-order valence-electron chi connectivity index (χ0n) is 12.6. The molecule has 0 aliphatic rings. The standard InChI is InChI=1S/C17H14Cl2N4O/c18-15-6-5-14(7-16(15)19)17(24)21-8-12-1-3-13(4-2-12)9-23-11-20-10-22-23/h1-7,10-11H,8-9H2,(H,21,24). The summed E-state index contributed by atoms with van der Waals surface area (Å²) in [5, 5.41) is 7.72. The maximum atomic E-state index is 12.1. The minimum Gasteiger partial charge on any atom is -0.348 e. The van der Waals surface area contributed by atoms with Crippen LogP contribution in [0.25, 0.3) is 0 Å². The Bertz CT molecular complexity index is 832. The van der Waals surface area contributed by atoms with Crippen molar-refractivity contribution in [2.75, 3.05) is 0 Å². The van der Waals surface area contributed by atoms with Crippen LogP contribution in [0.3, 0.4) is 0 Å². The average Bonchev–Trinajstić information content (AvgIpc) is 3.09. The van der Waals surface area contributed by atoms with Gasteiger partial charge < -0.3 is 5.32 Å². The molecule has 0 saturated heterocycles. The first-order valence-corrected chi connectivity index (χ1v) is 8.01. The van der Waals surface area contributed by atoms with Gasteiger partial charge in [0.2, 0.25) is 0 Å². The van der Waals surface area contributed by atoms with Crippen molar-refractivity contribution in [1.82, 2.24) is 20.1 Å². The van der Waals surface area contributed by atoms with Crippen molar-refractivity contribution in [2.24, 2.45) is 0 Å². The molecule has 0 fully saturated rings. The first-order valence-electron chi connectivity index (χ1n) is 7.25. The number of carbonyl (C=O) groups excluding carboxylic acids is 1. The molecular weight excluding hydrogens is 347 g/mol. The van der Waals surface area contributed by atoms with Gasteiger partial charge in [-0.25, -0.2) is 9.67 Å². The molecule has 0 radical (unpaired) electrons. The van der Waals surface area contributed by atoms with Gasteiger partial charge in [-0.3, -0.25) is 4.79 Å². The van der Waals surface area contributed by atoms with E-state index in [-0.39, 0.29) is 5.91 Å². The van der Waals surface area contributed by atoms with E-state index in [0.717, 1.165) is 11.1 Å². The van der Waals surface area contributed by atoms with Gasteiger partial charge in [-0.15, -0.1) is 0 Å². The molecule has 1 N–H and O–H groups in total. The molecule has 0 bridgehead atoms. The lowest BCUT2D eigenvalue weighted by atomic mass is 10.1. The number of halogens is 2. The number of nitrogens with one attached hydrogen (secondary N) is 1. The molecule has 1 aromatic heterocycles. The summed E-state index contributed by atoms with van der Waals surface area (Å²) in [5.74, 6) is -0.194. The molecular formula is C17H14Cl2N4O. The lowest BCUT2D eigenvalue weighted by Crippen LogP contribution is -2.22. The monoisotopic (exact) mass is 360 g/mol. The van der Waals surface area contributed by atoms with Crippen molar-refractivity contribution in [2.45, 2.75) is 13.1 Å². The molecule has 122 valence electrons. The van der Waals surface area contributed by atoms with E-state index in [4.69, 9.17) is 23.2 Å². The van der Waals surface area contributed by atoms with E-state index in [1.807, 2.05) is 24.3 Å². The smallest absolute Gasteiger partial charge is 0.251 e. The summed E-state index contributed by atoms with van der Waals surface area (Å²) in [4.78, 5) is 16.0. The van der Waals surface area contributed by atoms with Crippen molar-refractivity contribution in [3.05, 3.63) is 81.9 Å². The van der Waals surface area contributed by atoms with Crippen LogP contribution in [0, 0.1) is 0 Å². The van der Waals surface area contributed by atoms with Gasteiger partial charge in [0.25, 0.3) is 5.91 Å². The third-order valence-electron chi connectivity index (χ3n) is 3.47. The molecule has 0 atom stereocenters. The fourth-order valence-corrected chi connectivity index (χ4v) is 2.48. The zero-order chi connectivity index (χ0) is 16.9. The van der Waals surface area contributed by atoms with Crippen LogP contribution in [0.4, 0.5) is 0 Å². The fourth-order valence-electron chi connectivity index (χ4n) is 2.19. The Kier molecular flexibility index (Phi) is 5.13. The maximum absolute atomic E-state index is 12.1. The number of benzene rings is 2. The predicted octanol–water partition coefficient (Wildman–Crippen LogP) is 3.56. The van der Waals surface area contributed by atoms with Crippen molar-refractivity contribution < 1.29 is 4.79 Å². The van der Waals surface area contributed by atoms with Crippen LogP contribution in [0.15, 0.2) is 55.1 Å². The zero-order valence-corrected chi connectivity index (χ0v) is 14.1. The molecule has 0 unspecified atom stereocenters. The second-order valence-electron chi connectivity index (χ2n) is 5.22. The second-order valence-corrected chi connectivity index (χ2v) is 6.04. The van der Waals surface area contributed by atoms with Crippen LogP contribution < -0.4 is 5.32 Å². The highest BCUT2D eigenvalue weighted by Crippen LogP contribution is 2.22. The molecule has 0 aliphatic carbocycles. The summed E-state index contributed by atoms with van der Waals surface area (Å²) >= 11 is 11.8. The van der Waals surface area contributed by atoms with Gasteiger partial charge in [-0.1, -0.05) is 47.5 Å². The third-order valence-corrected chi connectivity index (χ3v) is 4.21. The Morgan fingerprint density at radius 1 is 1.04 bits per heavy atom. The molecule has 1 amide bonds. The van der Waals surface area contributed by atoms with E-state index in [1.54, 1.807) is 29.2 Å². The quantitative estimate of drug-likeness (QED) is 0.756.